The van der Waals surface area contributed by atoms with Gasteiger partial charge in [-0.1, -0.05) is 17.7 Å². The molecule has 1 aliphatic carbocycles. The Morgan fingerprint density at radius 1 is 1.53 bits per heavy atom. The number of hydrogen-bond donors (Lipinski definition) is 2. The fourth-order valence-electron chi connectivity index (χ4n) is 2.65. The summed E-state index contributed by atoms with van der Waals surface area (Å²) in [5.41, 5.74) is 3.31. The number of ether oxygens (including phenoxy) is 1. The van der Waals surface area contributed by atoms with Crippen LogP contribution in [0.15, 0.2) is 18.2 Å². The first kappa shape index (κ1) is 14.7. The smallest absolute Gasteiger partial charge is 0.127 e. The number of rotatable bonds is 6. The average Bonchev–Trinajstić information content (AvgIpc) is 2.35. The number of benzene rings is 1. The van der Waals surface area contributed by atoms with Crippen molar-refractivity contribution < 1.29 is 9.13 Å². The van der Waals surface area contributed by atoms with Crippen LogP contribution in [0.3, 0.4) is 0 Å². The van der Waals surface area contributed by atoms with Crippen molar-refractivity contribution in [2.75, 3.05) is 7.11 Å². The quantitative estimate of drug-likeness (QED) is 0.624. The zero-order chi connectivity index (χ0) is 13.9. The Kier molecular flexibility index (Phi) is 4.79. The Labute approximate surface area is 118 Å². The highest BCUT2D eigenvalue weighted by molar-refractivity contribution is 6.30. The second kappa shape index (κ2) is 6.18. The average molecular weight is 287 g/mol. The molecular weight excluding hydrogens is 267 g/mol. The number of nitrogens with two attached hydrogens (primary N) is 1. The highest BCUT2D eigenvalue weighted by atomic mass is 35.5. The Hall–Kier alpha value is -0.680. The highest BCUT2D eigenvalue weighted by Crippen LogP contribution is 2.39. The van der Waals surface area contributed by atoms with Gasteiger partial charge in [0.1, 0.15) is 5.82 Å². The van der Waals surface area contributed by atoms with E-state index >= 15 is 0 Å². The standard InChI is InChI=1S/C14H20ClFN2O/c1-19-14(5-2-6-14)9-12(18-17)7-10-3-4-11(15)8-13(10)16/h3-4,8,12,18H,2,5-7,9,17H2,1H3. The van der Waals surface area contributed by atoms with Crippen LogP contribution in [0.1, 0.15) is 31.2 Å². The number of methoxy groups -OCH3 is 1. The minimum absolute atomic E-state index is 0.00377. The molecule has 1 aliphatic rings. The molecule has 0 radical (unpaired) electrons. The summed E-state index contributed by atoms with van der Waals surface area (Å²) in [5, 5.41) is 0.408. The number of hydrazine groups is 1. The summed E-state index contributed by atoms with van der Waals surface area (Å²) < 4.78 is 19.4. The topological polar surface area (TPSA) is 47.3 Å². The van der Waals surface area contributed by atoms with Gasteiger partial charge in [0.05, 0.1) is 5.60 Å². The second-order valence-electron chi connectivity index (χ2n) is 5.25. The predicted octanol–water partition coefficient (Wildman–Crippen LogP) is 2.81. The van der Waals surface area contributed by atoms with Crippen molar-refractivity contribution >= 4 is 11.6 Å². The van der Waals surface area contributed by atoms with Crippen LogP contribution in [-0.4, -0.2) is 18.8 Å². The van der Waals surface area contributed by atoms with Crippen molar-refractivity contribution in [3.8, 4) is 0 Å². The van der Waals surface area contributed by atoms with Gasteiger partial charge in [0.15, 0.2) is 0 Å². The first-order valence-electron chi connectivity index (χ1n) is 6.54. The van der Waals surface area contributed by atoms with Crippen LogP contribution in [0.5, 0.6) is 0 Å². The van der Waals surface area contributed by atoms with Crippen LogP contribution in [0.4, 0.5) is 4.39 Å². The Morgan fingerprint density at radius 3 is 2.74 bits per heavy atom. The molecule has 0 bridgehead atoms. The monoisotopic (exact) mass is 286 g/mol. The molecule has 1 saturated carbocycles. The molecule has 1 aromatic rings. The van der Waals surface area contributed by atoms with Crippen molar-refractivity contribution in [1.29, 1.82) is 0 Å². The molecule has 1 unspecified atom stereocenters. The van der Waals surface area contributed by atoms with E-state index in [2.05, 4.69) is 5.43 Å². The van der Waals surface area contributed by atoms with Crippen LogP contribution in [0.25, 0.3) is 0 Å². The molecule has 0 spiro atoms. The molecule has 3 N–H and O–H groups in total. The van der Waals surface area contributed by atoms with Gasteiger partial charge in [-0.3, -0.25) is 11.3 Å². The molecule has 3 nitrogen and oxygen atoms in total. The van der Waals surface area contributed by atoms with Gasteiger partial charge in [-0.2, -0.15) is 0 Å². The maximum absolute atomic E-state index is 13.8. The van der Waals surface area contributed by atoms with E-state index in [1.54, 1.807) is 19.2 Å². The lowest BCUT2D eigenvalue weighted by molar-refractivity contribution is -0.0834. The fourth-order valence-corrected chi connectivity index (χ4v) is 2.81. The third kappa shape index (κ3) is 3.45. The molecule has 0 saturated heterocycles. The molecule has 2 rings (SSSR count). The molecular formula is C14H20ClFN2O. The first-order chi connectivity index (χ1) is 9.08. The van der Waals surface area contributed by atoms with Crippen LogP contribution in [0, 0.1) is 5.82 Å². The van der Waals surface area contributed by atoms with Gasteiger partial charge in [-0.15, -0.1) is 0 Å². The number of hydrogen-bond acceptors (Lipinski definition) is 3. The van der Waals surface area contributed by atoms with Crippen LogP contribution in [0.2, 0.25) is 5.02 Å². The maximum atomic E-state index is 13.8. The lowest BCUT2D eigenvalue weighted by Crippen LogP contribution is -2.48. The fraction of sp³-hybridized carbons (Fsp3) is 0.571. The lowest BCUT2D eigenvalue weighted by Gasteiger charge is -2.42. The molecule has 106 valence electrons. The van der Waals surface area contributed by atoms with Gasteiger partial charge >= 0.3 is 0 Å². The number of halogens is 2. The minimum Gasteiger partial charge on any atom is -0.378 e. The van der Waals surface area contributed by atoms with E-state index in [9.17, 15) is 4.39 Å². The molecule has 0 heterocycles. The third-order valence-electron chi connectivity index (χ3n) is 4.03. The normalized spacial score (nSPS) is 18.9. The Balaban J connectivity index is 2.02. The molecule has 0 amide bonds. The minimum atomic E-state index is -0.284. The van der Waals surface area contributed by atoms with Gasteiger partial charge in [0.25, 0.3) is 0 Å². The lowest BCUT2D eigenvalue weighted by atomic mass is 9.75. The van der Waals surface area contributed by atoms with E-state index in [0.717, 1.165) is 19.3 Å². The molecule has 0 aliphatic heterocycles. The van der Waals surface area contributed by atoms with Gasteiger partial charge in [-0.05, 0) is 49.8 Å². The van der Waals surface area contributed by atoms with Crippen molar-refractivity contribution in [2.45, 2.75) is 43.7 Å². The summed E-state index contributed by atoms with van der Waals surface area (Å²) in [6, 6.07) is 4.74. The molecule has 1 atom stereocenters. The number of nitrogens with one attached hydrogen (secondary N) is 1. The van der Waals surface area contributed by atoms with Crippen LogP contribution < -0.4 is 11.3 Å². The van der Waals surface area contributed by atoms with Crippen molar-refractivity contribution in [3.63, 3.8) is 0 Å². The zero-order valence-electron chi connectivity index (χ0n) is 11.1. The van der Waals surface area contributed by atoms with Gasteiger partial charge < -0.3 is 4.74 Å². The van der Waals surface area contributed by atoms with Gasteiger partial charge in [-0.25, -0.2) is 4.39 Å². The van der Waals surface area contributed by atoms with Crippen molar-refractivity contribution in [3.05, 3.63) is 34.6 Å². The summed E-state index contributed by atoms with van der Waals surface area (Å²) in [4.78, 5) is 0. The zero-order valence-corrected chi connectivity index (χ0v) is 11.8. The largest absolute Gasteiger partial charge is 0.378 e. The van der Waals surface area contributed by atoms with Crippen LogP contribution in [-0.2, 0) is 11.2 Å². The third-order valence-corrected chi connectivity index (χ3v) is 4.27. The molecule has 1 fully saturated rings. The van der Waals surface area contributed by atoms with E-state index in [0.29, 0.717) is 17.0 Å². The Morgan fingerprint density at radius 2 is 2.26 bits per heavy atom. The summed E-state index contributed by atoms with van der Waals surface area (Å²) in [6.45, 7) is 0. The van der Waals surface area contributed by atoms with E-state index < -0.39 is 0 Å². The van der Waals surface area contributed by atoms with E-state index in [-0.39, 0.29) is 17.5 Å². The van der Waals surface area contributed by atoms with E-state index in [1.165, 1.54) is 12.5 Å². The summed E-state index contributed by atoms with van der Waals surface area (Å²) in [5.74, 6) is 5.30. The summed E-state index contributed by atoms with van der Waals surface area (Å²) in [6.07, 6.45) is 4.60. The molecule has 1 aromatic carbocycles. The van der Waals surface area contributed by atoms with Crippen molar-refractivity contribution in [1.82, 2.24) is 5.43 Å². The SMILES string of the molecule is COC1(CC(Cc2ccc(Cl)cc2F)NN)CCC1. The maximum Gasteiger partial charge on any atom is 0.127 e. The van der Waals surface area contributed by atoms with Gasteiger partial charge in [0.2, 0.25) is 0 Å². The molecule has 5 heteroatoms. The van der Waals surface area contributed by atoms with Crippen molar-refractivity contribution in [2.24, 2.45) is 5.84 Å². The molecule has 19 heavy (non-hydrogen) atoms. The van der Waals surface area contributed by atoms with Crippen LogP contribution >= 0.6 is 11.6 Å². The van der Waals surface area contributed by atoms with Gasteiger partial charge in [0, 0.05) is 18.2 Å². The second-order valence-corrected chi connectivity index (χ2v) is 5.68. The summed E-state index contributed by atoms with van der Waals surface area (Å²) in [7, 11) is 1.73. The Bertz CT molecular complexity index is 432. The molecule has 0 aromatic heterocycles. The van der Waals surface area contributed by atoms with E-state index in [1.807, 2.05) is 0 Å². The summed E-state index contributed by atoms with van der Waals surface area (Å²) >= 11 is 5.75. The predicted molar refractivity (Wildman–Crippen MR) is 74.4 cm³/mol. The van der Waals surface area contributed by atoms with E-state index in [4.69, 9.17) is 22.2 Å². The highest BCUT2D eigenvalue weighted by Gasteiger charge is 2.38. The first-order valence-corrected chi connectivity index (χ1v) is 6.91.